The molecule has 0 aliphatic heterocycles. The van der Waals surface area contributed by atoms with Gasteiger partial charge in [0.05, 0.1) is 12.2 Å². The third kappa shape index (κ3) is 8.65. The fourth-order valence-corrected chi connectivity index (χ4v) is 3.36. The smallest absolute Gasteiger partial charge is 0.303 e. The van der Waals surface area contributed by atoms with E-state index < -0.39 is 5.97 Å². The standard InChI is InChI=1S/C20H34O4/c1-2-3-6-9-17(21)14-12-16-13-15-19(22)18(16)10-7-4-5-8-11-20(23)24/h4,7,12,14,16-19,21-22H,2-3,5-6,8-11,13,15H2,1H3,(H,23,24)/b7-4+,14-12+/t16-,17-,18+,19+/m0/s1. The Balaban J connectivity index is 2.35. The van der Waals surface area contributed by atoms with Gasteiger partial charge in [-0.05, 0) is 50.4 Å². The lowest BCUT2D eigenvalue weighted by Crippen LogP contribution is -2.17. The van der Waals surface area contributed by atoms with Crippen LogP contribution in [0.2, 0.25) is 0 Å². The molecule has 0 heterocycles. The molecule has 138 valence electrons. The summed E-state index contributed by atoms with van der Waals surface area (Å²) in [6, 6.07) is 0. The second-order valence-corrected chi connectivity index (χ2v) is 6.91. The third-order valence-corrected chi connectivity index (χ3v) is 4.86. The summed E-state index contributed by atoms with van der Waals surface area (Å²) < 4.78 is 0. The van der Waals surface area contributed by atoms with E-state index in [2.05, 4.69) is 19.1 Å². The van der Waals surface area contributed by atoms with Crippen molar-refractivity contribution in [3.8, 4) is 0 Å². The van der Waals surface area contributed by atoms with Gasteiger partial charge in [0.15, 0.2) is 0 Å². The molecule has 1 fully saturated rings. The number of aliphatic carboxylic acids is 1. The molecule has 4 atom stereocenters. The number of aliphatic hydroxyl groups excluding tert-OH is 2. The molecule has 1 aliphatic carbocycles. The summed E-state index contributed by atoms with van der Waals surface area (Å²) >= 11 is 0. The van der Waals surface area contributed by atoms with Crippen molar-refractivity contribution in [2.24, 2.45) is 11.8 Å². The van der Waals surface area contributed by atoms with E-state index in [1.165, 1.54) is 0 Å². The van der Waals surface area contributed by atoms with E-state index in [-0.39, 0.29) is 24.5 Å². The van der Waals surface area contributed by atoms with E-state index in [1.807, 2.05) is 12.2 Å². The Morgan fingerprint density at radius 2 is 2.00 bits per heavy atom. The van der Waals surface area contributed by atoms with Crippen molar-refractivity contribution in [2.45, 2.75) is 83.3 Å². The number of hydrogen-bond donors (Lipinski definition) is 3. The molecule has 3 N–H and O–H groups in total. The average Bonchev–Trinajstić information content (AvgIpc) is 2.89. The van der Waals surface area contributed by atoms with Gasteiger partial charge >= 0.3 is 5.97 Å². The molecule has 0 amide bonds. The number of allylic oxidation sites excluding steroid dienone is 3. The van der Waals surface area contributed by atoms with Gasteiger partial charge in [-0.3, -0.25) is 4.79 Å². The highest BCUT2D eigenvalue weighted by Crippen LogP contribution is 2.36. The monoisotopic (exact) mass is 338 g/mol. The molecule has 0 spiro atoms. The number of aliphatic hydroxyl groups is 2. The zero-order valence-corrected chi connectivity index (χ0v) is 14.9. The number of carboxylic acid groups (broad SMARTS) is 1. The van der Waals surface area contributed by atoms with Crippen LogP contribution in [-0.2, 0) is 4.79 Å². The number of hydrogen-bond acceptors (Lipinski definition) is 3. The van der Waals surface area contributed by atoms with Gasteiger partial charge in [-0.15, -0.1) is 0 Å². The topological polar surface area (TPSA) is 77.8 Å². The largest absolute Gasteiger partial charge is 0.481 e. The van der Waals surface area contributed by atoms with E-state index in [0.29, 0.717) is 12.3 Å². The molecule has 0 saturated heterocycles. The lowest BCUT2D eigenvalue weighted by Gasteiger charge is -2.18. The SMILES string of the molecule is CCCCC[C@H](O)/C=C/[C@H]1CC[C@@H](O)[C@@H]1C/C=C/CCCC(=O)O. The third-order valence-electron chi connectivity index (χ3n) is 4.86. The molecule has 0 aromatic carbocycles. The van der Waals surface area contributed by atoms with Gasteiger partial charge in [0.2, 0.25) is 0 Å². The van der Waals surface area contributed by atoms with Gasteiger partial charge in [-0.2, -0.15) is 0 Å². The van der Waals surface area contributed by atoms with Gasteiger partial charge in [0.1, 0.15) is 0 Å². The summed E-state index contributed by atoms with van der Waals surface area (Å²) in [6.45, 7) is 2.15. The Hall–Kier alpha value is -1.13. The minimum absolute atomic E-state index is 0.206. The maximum absolute atomic E-state index is 10.5. The predicted octanol–water partition coefficient (Wildman–Crippen LogP) is 4.07. The quantitative estimate of drug-likeness (QED) is 0.370. The highest BCUT2D eigenvalue weighted by Gasteiger charge is 2.32. The van der Waals surface area contributed by atoms with Crippen LogP contribution in [0.1, 0.15) is 71.1 Å². The van der Waals surface area contributed by atoms with Crippen LogP contribution in [0.25, 0.3) is 0 Å². The lowest BCUT2D eigenvalue weighted by atomic mass is 9.90. The van der Waals surface area contributed by atoms with Crippen LogP contribution in [0.4, 0.5) is 0 Å². The van der Waals surface area contributed by atoms with E-state index in [1.54, 1.807) is 0 Å². The van der Waals surface area contributed by atoms with Crippen LogP contribution < -0.4 is 0 Å². The van der Waals surface area contributed by atoms with Crippen molar-refractivity contribution < 1.29 is 20.1 Å². The highest BCUT2D eigenvalue weighted by molar-refractivity contribution is 5.66. The zero-order chi connectivity index (χ0) is 17.8. The molecule has 1 saturated carbocycles. The van der Waals surface area contributed by atoms with E-state index in [4.69, 9.17) is 5.11 Å². The van der Waals surface area contributed by atoms with Crippen molar-refractivity contribution in [2.75, 3.05) is 0 Å². The second-order valence-electron chi connectivity index (χ2n) is 6.91. The van der Waals surface area contributed by atoms with Crippen LogP contribution in [-0.4, -0.2) is 33.5 Å². The Kier molecular flexibility index (Phi) is 10.7. The molecule has 4 nitrogen and oxygen atoms in total. The van der Waals surface area contributed by atoms with Crippen LogP contribution in [0.5, 0.6) is 0 Å². The van der Waals surface area contributed by atoms with Gasteiger partial charge in [-0.25, -0.2) is 0 Å². The Morgan fingerprint density at radius 1 is 1.21 bits per heavy atom. The summed E-state index contributed by atoms with van der Waals surface area (Å²) in [4.78, 5) is 10.5. The molecule has 4 heteroatoms. The molecule has 0 bridgehead atoms. The van der Waals surface area contributed by atoms with Crippen molar-refractivity contribution in [1.29, 1.82) is 0 Å². The summed E-state index contributed by atoms with van der Waals surface area (Å²) in [5.74, 6) is -0.221. The fourth-order valence-electron chi connectivity index (χ4n) is 3.36. The van der Waals surface area contributed by atoms with Crippen LogP contribution in [0.3, 0.4) is 0 Å². The minimum Gasteiger partial charge on any atom is -0.481 e. The highest BCUT2D eigenvalue weighted by atomic mass is 16.4. The molecule has 24 heavy (non-hydrogen) atoms. The van der Waals surface area contributed by atoms with E-state index in [9.17, 15) is 15.0 Å². The summed E-state index contributed by atoms with van der Waals surface area (Å²) in [5.41, 5.74) is 0. The maximum atomic E-state index is 10.5. The minimum atomic E-state index is -0.752. The van der Waals surface area contributed by atoms with Gasteiger partial charge < -0.3 is 15.3 Å². The number of unbranched alkanes of at least 4 members (excludes halogenated alkanes) is 3. The Bertz CT molecular complexity index is 402. The van der Waals surface area contributed by atoms with Gasteiger partial charge in [0, 0.05) is 6.42 Å². The second kappa shape index (κ2) is 12.3. The molecule has 0 aromatic rings. The van der Waals surface area contributed by atoms with Crippen LogP contribution >= 0.6 is 0 Å². The molecule has 0 radical (unpaired) electrons. The van der Waals surface area contributed by atoms with Crippen molar-refractivity contribution in [3.63, 3.8) is 0 Å². The molecule has 1 aliphatic rings. The van der Waals surface area contributed by atoms with Crippen molar-refractivity contribution in [3.05, 3.63) is 24.3 Å². The molecular weight excluding hydrogens is 304 g/mol. The maximum Gasteiger partial charge on any atom is 0.303 e. The van der Waals surface area contributed by atoms with Gasteiger partial charge in [-0.1, -0.05) is 50.5 Å². The van der Waals surface area contributed by atoms with Crippen molar-refractivity contribution in [1.82, 2.24) is 0 Å². The summed E-state index contributed by atoms with van der Waals surface area (Å²) in [7, 11) is 0. The fraction of sp³-hybridized carbons (Fsp3) is 0.750. The average molecular weight is 338 g/mol. The van der Waals surface area contributed by atoms with E-state index >= 15 is 0 Å². The first kappa shape index (κ1) is 20.9. The van der Waals surface area contributed by atoms with Gasteiger partial charge in [0.25, 0.3) is 0 Å². The molecule has 0 aromatic heterocycles. The lowest BCUT2D eigenvalue weighted by molar-refractivity contribution is -0.137. The predicted molar refractivity (Wildman–Crippen MR) is 96.8 cm³/mol. The first-order valence-electron chi connectivity index (χ1n) is 9.45. The van der Waals surface area contributed by atoms with E-state index in [0.717, 1.165) is 51.4 Å². The molecular formula is C20H34O4. The Morgan fingerprint density at radius 3 is 2.71 bits per heavy atom. The summed E-state index contributed by atoms with van der Waals surface area (Å²) in [5, 5.41) is 28.8. The first-order valence-corrected chi connectivity index (χ1v) is 9.45. The van der Waals surface area contributed by atoms with Crippen molar-refractivity contribution >= 4 is 5.97 Å². The zero-order valence-electron chi connectivity index (χ0n) is 14.9. The molecule has 0 unspecified atom stereocenters. The number of carbonyl (C=O) groups is 1. The number of rotatable bonds is 12. The summed E-state index contributed by atoms with van der Waals surface area (Å²) in [6.07, 6.45) is 15.9. The normalized spacial score (nSPS) is 25.7. The first-order chi connectivity index (χ1) is 11.5. The van der Waals surface area contributed by atoms with Crippen LogP contribution in [0, 0.1) is 11.8 Å². The Labute approximate surface area is 146 Å². The van der Waals surface area contributed by atoms with Crippen LogP contribution in [0.15, 0.2) is 24.3 Å². The molecule has 1 rings (SSSR count). The number of carboxylic acids is 1.